The maximum absolute atomic E-state index is 13.4. The average molecular weight is 517 g/mol. The Morgan fingerprint density at radius 1 is 1.15 bits per heavy atom. The van der Waals surface area contributed by atoms with Gasteiger partial charge in [0.15, 0.2) is 0 Å². The third-order valence-corrected chi connectivity index (χ3v) is 7.46. The number of hydrogen-bond acceptors (Lipinski definition) is 5. The van der Waals surface area contributed by atoms with E-state index in [1.165, 1.54) is 12.1 Å². The Morgan fingerprint density at radius 2 is 1.76 bits per heavy atom. The smallest absolute Gasteiger partial charge is 0.306 e. The van der Waals surface area contributed by atoms with E-state index in [1.807, 2.05) is 7.05 Å². The molecule has 0 aromatic heterocycles. The van der Waals surface area contributed by atoms with Gasteiger partial charge in [-0.1, -0.05) is 29.3 Å². The van der Waals surface area contributed by atoms with Crippen LogP contribution < -0.4 is 9.73 Å². The van der Waals surface area contributed by atoms with Gasteiger partial charge < -0.3 is 4.90 Å². The number of hydrogen-bond donors (Lipinski definition) is 1. The maximum Gasteiger partial charge on any atom is 0.417 e. The van der Waals surface area contributed by atoms with E-state index < -0.39 is 39.2 Å². The quantitative estimate of drug-likeness (QED) is 0.587. The molecule has 2 aromatic rings. The summed E-state index contributed by atoms with van der Waals surface area (Å²) in [4.78, 5) is 14.6. The van der Waals surface area contributed by atoms with Crippen molar-refractivity contribution >= 4 is 38.9 Å². The Morgan fingerprint density at radius 3 is 2.35 bits per heavy atom. The van der Waals surface area contributed by atoms with Crippen LogP contribution in [0.15, 0.2) is 52.5 Å². The van der Waals surface area contributed by atoms with Crippen LogP contribution in [0.2, 0.25) is 5.02 Å². The SMILES string of the molecule is Cc1ccc(S(=O)(=O)N(CC(=O)NN=C2CCN(C)CC2)c2ccc(Cl)c(C(F)(F)F)c2)cc1. The molecule has 34 heavy (non-hydrogen) atoms. The van der Waals surface area contributed by atoms with E-state index in [4.69, 9.17) is 11.6 Å². The zero-order valence-corrected chi connectivity index (χ0v) is 20.1. The summed E-state index contributed by atoms with van der Waals surface area (Å²) in [7, 11) is -2.42. The van der Waals surface area contributed by atoms with E-state index in [2.05, 4.69) is 15.4 Å². The largest absolute Gasteiger partial charge is 0.417 e. The lowest BCUT2D eigenvalue weighted by atomic mass is 10.1. The highest BCUT2D eigenvalue weighted by Crippen LogP contribution is 2.38. The molecule has 0 radical (unpaired) electrons. The fourth-order valence-electron chi connectivity index (χ4n) is 3.33. The number of halogens is 4. The van der Waals surface area contributed by atoms with Crippen molar-refractivity contribution in [1.29, 1.82) is 0 Å². The highest BCUT2D eigenvalue weighted by molar-refractivity contribution is 7.92. The molecule has 0 unspecified atom stereocenters. The van der Waals surface area contributed by atoms with Crippen molar-refractivity contribution in [3.63, 3.8) is 0 Å². The standard InChI is InChI=1S/C22H24ClF3N4O3S/c1-15-3-6-18(7-4-15)34(32,33)30(17-5-8-20(23)19(13-17)22(24,25)26)14-21(31)28-27-16-9-11-29(2)12-10-16/h3-8,13H,9-12,14H2,1-2H3,(H,28,31). The fraction of sp³-hybridized carbons (Fsp3) is 0.364. The zero-order valence-electron chi connectivity index (χ0n) is 18.6. The van der Waals surface area contributed by atoms with Gasteiger partial charge in [-0.2, -0.15) is 18.3 Å². The van der Waals surface area contributed by atoms with Crippen LogP contribution in [0.25, 0.3) is 0 Å². The number of rotatable bonds is 6. The molecule has 2 aromatic carbocycles. The number of carbonyl (C=O) groups is 1. The van der Waals surface area contributed by atoms with E-state index in [1.54, 1.807) is 19.1 Å². The van der Waals surface area contributed by atoms with E-state index >= 15 is 0 Å². The number of anilines is 1. The number of nitrogens with one attached hydrogen (secondary N) is 1. The number of aryl methyl sites for hydroxylation is 1. The zero-order chi connectivity index (χ0) is 25.1. The van der Waals surface area contributed by atoms with E-state index in [9.17, 15) is 26.4 Å². The van der Waals surface area contributed by atoms with E-state index in [-0.39, 0.29) is 10.6 Å². The first-order valence-corrected chi connectivity index (χ1v) is 12.2. The van der Waals surface area contributed by atoms with Crippen LogP contribution in [0, 0.1) is 6.92 Å². The number of hydrazone groups is 1. The van der Waals surface area contributed by atoms with Gasteiger partial charge in [-0.15, -0.1) is 0 Å². The number of likely N-dealkylation sites (tertiary alicyclic amines) is 1. The molecule has 12 heteroatoms. The molecule has 1 amide bonds. The summed E-state index contributed by atoms with van der Waals surface area (Å²) in [5.41, 5.74) is 2.33. The number of carbonyl (C=O) groups excluding carboxylic acids is 1. The van der Waals surface area contributed by atoms with Crippen molar-refractivity contribution in [1.82, 2.24) is 10.3 Å². The lowest BCUT2D eigenvalue weighted by Crippen LogP contribution is -2.40. The minimum atomic E-state index is -4.81. The van der Waals surface area contributed by atoms with Crippen molar-refractivity contribution in [3.8, 4) is 0 Å². The van der Waals surface area contributed by atoms with Crippen LogP contribution in [0.3, 0.4) is 0 Å². The number of piperidine rings is 1. The Balaban J connectivity index is 1.95. The molecule has 1 N–H and O–H groups in total. The molecule has 1 saturated heterocycles. The van der Waals surface area contributed by atoms with Crippen LogP contribution in [0.4, 0.5) is 18.9 Å². The molecule has 1 aliphatic heterocycles. The summed E-state index contributed by atoms with van der Waals surface area (Å²) < 4.78 is 67.6. The van der Waals surface area contributed by atoms with Crippen molar-refractivity contribution < 1.29 is 26.4 Å². The van der Waals surface area contributed by atoms with Crippen LogP contribution >= 0.6 is 11.6 Å². The molecule has 0 aliphatic carbocycles. The molecule has 3 rings (SSSR count). The lowest BCUT2D eigenvalue weighted by molar-refractivity contribution is -0.137. The Bertz CT molecular complexity index is 1170. The number of benzene rings is 2. The highest BCUT2D eigenvalue weighted by Gasteiger charge is 2.35. The molecule has 1 fully saturated rings. The van der Waals surface area contributed by atoms with Gasteiger partial charge in [-0.25, -0.2) is 13.8 Å². The fourth-order valence-corrected chi connectivity index (χ4v) is 4.97. The van der Waals surface area contributed by atoms with Crippen LogP contribution in [-0.4, -0.2) is 51.6 Å². The van der Waals surface area contributed by atoms with Crippen LogP contribution in [-0.2, 0) is 21.0 Å². The number of amides is 1. The summed E-state index contributed by atoms with van der Waals surface area (Å²) in [5.74, 6) is -0.786. The summed E-state index contributed by atoms with van der Waals surface area (Å²) >= 11 is 5.70. The second-order valence-electron chi connectivity index (χ2n) is 8.00. The molecule has 184 valence electrons. The first-order valence-electron chi connectivity index (χ1n) is 10.4. The average Bonchev–Trinajstić information content (AvgIpc) is 2.77. The molecule has 1 heterocycles. The predicted molar refractivity (Wildman–Crippen MR) is 124 cm³/mol. The molecule has 0 atom stereocenters. The van der Waals surface area contributed by atoms with Gasteiger partial charge in [0.05, 0.1) is 21.2 Å². The van der Waals surface area contributed by atoms with Gasteiger partial charge in [0.25, 0.3) is 15.9 Å². The molecular weight excluding hydrogens is 493 g/mol. The van der Waals surface area contributed by atoms with Crippen LogP contribution in [0.5, 0.6) is 0 Å². The summed E-state index contributed by atoms with van der Waals surface area (Å²) in [6.45, 7) is 2.53. The van der Waals surface area contributed by atoms with Crippen molar-refractivity contribution in [3.05, 3.63) is 58.6 Å². The molecular formula is C22H24ClF3N4O3S. The lowest BCUT2D eigenvalue weighted by Gasteiger charge is -2.25. The topological polar surface area (TPSA) is 82.1 Å². The van der Waals surface area contributed by atoms with E-state index in [0.29, 0.717) is 23.2 Å². The number of sulfonamides is 1. The highest BCUT2D eigenvalue weighted by atomic mass is 35.5. The normalized spacial score (nSPS) is 15.2. The second kappa shape index (κ2) is 10.3. The number of nitrogens with zero attached hydrogens (tertiary/aromatic N) is 3. The second-order valence-corrected chi connectivity index (χ2v) is 10.3. The summed E-state index contributed by atoms with van der Waals surface area (Å²) in [6, 6.07) is 8.46. The Hall–Kier alpha value is -2.63. The first-order chi connectivity index (χ1) is 15.9. The van der Waals surface area contributed by atoms with E-state index in [0.717, 1.165) is 36.5 Å². The third kappa shape index (κ3) is 6.28. The van der Waals surface area contributed by atoms with Gasteiger partial charge in [0.1, 0.15) is 6.54 Å². The van der Waals surface area contributed by atoms with Crippen molar-refractivity contribution in [2.45, 2.75) is 30.8 Å². The van der Waals surface area contributed by atoms with Crippen LogP contribution in [0.1, 0.15) is 24.0 Å². The first kappa shape index (κ1) is 26.0. The van der Waals surface area contributed by atoms with Gasteiger partial charge in [-0.3, -0.25) is 9.10 Å². The molecule has 0 saturated carbocycles. The maximum atomic E-state index is 13.4. The molecule has 7 nitrogen and oxygen atoms in total. The molecule has 1 aliphatic rings. The minimum Gasteiger partial charge on any atom is -0.306 e. The summed E-state index contributed by atoms with van der Waals surface area (Å²) in [6.07, 6.45) is -3.52. The summed E-state index contributed by atoms with van der Waals surface area (Å²) in [5, 5.41) is 3.49. The Labute approximate surface area is 201 Å². The molecule has 0 bridgehead atoms. The van der Waals surface area contributed by atoms with Gasteiger partial charge >= 0.3 is 6.18 Å². The number of alkyl halides is 3. The molecule has 0 spiro atoms. The minimum absolute atomic E-state index is 0.170. The third-order valence-electron chi connectivity index (χ3n) is 5.34. The Kier molecular flexibility index (Phi) is 7.89. The monoisotopic (exact) mass is 516 g/mol. The van der Waals surface area contributed by atoms with Gasteiger partial charge in [0.2, 0.25) is 0 Å². The van der Waals surface area contributed by atoms with Crippen molar-refractivity contribution in [2.24, 2.45) is 5.10 Å². The predicted octanol–water partition coefficient (Wildman–Crippen LogP) is 4.06. The van der Waals surface area contributed by atoms with Crippen molar-refractivity contribution in [2.75, 3.05) is 31.0 Å². The van der Waals surface area contributed by atoms with Gasteiger partial charge in [0, 0.05) is 31.6 Å². The van der Waals surface area contributed by atoms with Gasteiger partial charge in [-0.05, 0) is 44.3 Å².